The summed E-state index contributed by atoms with van der Waals surface area (Å²) in [5, 5.41) is 9.57. The number of benzene rings is 2. The van der Waals surface area contributed by atoms with E-state index in [9.17, 15) is 5.26 Å². The van der Waals surface area contributed by atoms with Gasteiger partial charge in [-0.05, 0) is 55.2 Å². The van der Waals surface area contributed by atoms with Gasteiger partial charge < -0.3 is 9.64 Å². The molecular weight excluding hydrogens is 376 g/mol. The van der Waals surface area contributed by atoms with Gasteiger partial charge in [0.15, 0.2) is 0 Å². The number of nitriles is 1. The van der Waals surface area contributed by atoms with E-state index in [0.717, 1.165) is 34.4 Å². The van der Waals surface area contributed by atoms with Crippen LogP contribution < -0.4 is 9.64 Å². The third-order valence-electron chi connectivity index (χ3n) is 4.49. The second-order valence-electron chi connectivity index (χ2n) is 6.15. The lowest BCUT2D eigenvalue weighted by Gasteiger charge is -2.29. The van der Waals surface area contributed by atoms with Crippen LogP contribution in [0, 0.1) is 11.3 Å². The first-order chi connectivity index (χ1) is 12.2. The average molecular weight is 397 g/mol. The van der Waals surface area contributed by atoms with Gasteiger partial charge in [0.1, 0.15) is 5.75 Å². The Labute approximate surface area is 157 Å². The SMILES string of the molecule is COc1cc(N2CCCCC2)ccc1/C=C(/C#N)c1cccc(Br)c1. The summed E-state index contributed by atoms with van der Waals surface area (Å²) in [7, 11) is 1.68. The Kier molecular flexibility index (Phi) is 5.78. The molecule has 0 N–H and O–H groups in total. The number of methoxy groups -OCH3 is 1. The summed E-state index contributed by atoms with van der Waals surface area (Å²) < 4.78 is 6.55. The van der Waals surface area contributed by atoms with Crippen LogP contribution in [-0.2, 0) is 0 Å². The molecule has 1 fully saturated rings. The van der Waals surface area contributed by atoms with Crippen molar-refractivity contribution < 1.29 is 4.74 Å². The highest BCUT2D eigenvalue weighted by Gasteiger charge is 2.13. The van der Waals surface area contributed by atoms with Gasteiger partial charge in [0.25, 0.3) is 0 Å². The van der Waals surface area contributed by atoms with E-state index in [4.69, 9.17) is 4.74 Å². The lowest BCUT2D eigenvalue weighted by atomic mass is 10.0. The van der Waals surface area contributed by atoms with E-state index in [1.165, 1.54) is 24.9 Å². The number of allylic oxidation sites excluding steroid dienone is 1. The van der Waals surface area contributed by atoms with Crippen LogP contribution in [0.3, 0.4) is 0 Å². The zero-order valence-electron chi connectivity index (χ0n) is 14.3. The third-order valence-corrected chi connectivity index (χ3v) is 4.99. The van der Waals surface area contributed by atoms with Crippen LogP contribution in [0.2, 0.25) is 0 Å². The van der Waals surface area contributed by atoms with Crippen molar-refractivity contribution in [3.05, 3.63) is 58.1 Å². The predicted molar refractivity (Wildman–Crippen MR) is 107 cm³/mol. The van der Waals surface area contributed by atoms with Crippen molar-refractivity contribution in [2.75, 3.05) is 25.1 Å². The van der Waals surface area contributed by atoms with E-state index in [1.54, 1.807) is 7.11 Å². The zero-order chi connectivity index (χ0) is 17.6. The molecule has 1 aliphatic heterocycles. The Morgan fingerprint density at radius 2 is 1.96 bits per heavy atom. The normalized spacial score (nSPS) is 14.9. The fourth-order valence-electron chi connectivity index (χ4n) is 3.16. The minimum absolute atomic E-state index is 0.616. The molecule has 0 radical (unpaired) electrons. The molecule has 0 bridgehead atoms. The number of hydrogen-bond acceptors (Lipinski definition) is 3. The van der Waals surface area contributed by atoms with Crippen molar-refractivity contribution in [2.24, 2.45) is 0 Å². The number of piperidine rings is 1. The van der Waals surface area contributed by atoms with Gasteiger partial charge in [-0.15, -0.1) is 0 Å². The number of halogens is 1. The molecule has 4 heteroatoms. The summed E-state index contributed by atoms with van der Waals surface area (Å²) >= 11 is 3.46. The van der Waals surface area contributed by atoms with Crippen molar-refractivity contribution >= 4 is 33.3 Å². The first-order valence-electron chi connectivity index (χ1n) is 8.52. The van der Waals surface area contributed by atoms with E-state index < -0.39 is 0 Å². The fourth-order valence-corrected chi connectivity index (χ4v) is 3.56. The van der Waals surface area contributed by atoms with E-state index in [-0.39, 0.29) is 0 Å². The highest BCUT2D eigenvalue weighted by molar-refractivity contribution is 9.10. The number of hydrogen-bond donors (Lipinski definition) is 0. The van der Waals surface area contributed by atoms with E-state index in [2.05, 4.69) is 39.0 Å². The van der Waals surface area contributed by atoms with Crippen LogP contribution >= 0.6 is 15.9 Å². The Morgan fingerprint density at radius 1 is 1.16 bits per heavy atom. The van der Waals surface area contributed by atoms with Crippen LogP contribution in [0.4, 0.5) is 5.69 Å². The van der Waals surface area contributed by atoms with Crippen LogP contribution in [0.25, 0.3) is 11.6 Å². The lowest BCUT2D eigenvalue weighted by Crippen LogP contribution is -2.29. The molecule has 25 heavy (non-hydrogen) atoms. The van der Waals surface area contributed by atoms with E-state index in [1.807, 2.05) is 36.4 Å². The number of ether oxygens (including phenoxy) is 1. The van der Waals surface area contributed by atoms with Gasteiger partial charge in [0, 0.05) is 34.9 Å². The molecule has 2 aromatic rings. The summed E-state index contributed by atoms with van der Waals surface area (Å²) in [6, 6.07) is 16.3. The summed E-state index contributed by atoms with van der Waals surface area (Å²) in [6.45, 7) is 2.19. The zero-order valence-corrected chi connectivity index (χ0v) is 15.9. The molecule has 0 unspecified atom stereocenters. The second kappa shape index (κ2) is 8.22. The fraction of sp³-hybridized carbons (Fsp3) is 0.286. The highest BCUT2D eigenvalue weighted by atomic mass is 79.9. The summed E-state index contributed by atoms with van der Waals surface area (Å²) in [6.07, 6.45) is 5.68. The van der Waals surface area contributed by atoms with Gasteiger partial charge in [-0.3, -0.25) is 0 Å². The molecule has 0 aromatic heterocycles. The Bertz CT molecular complexity index is 817. The number of rotatable bonds is 4. The van der Waals surface area contributed by atoms with Gasteiger partial charge >= 0.3 is 0 Å². The predicted octanol–water partition coefficient (Wildman–Crippen LogP) is 5.51. The molecule has 0 aliphatic carbocycles. The molecule has 1 heterocycles. The molecule has 3 rings (SSSR count). The first kappa shape index (κ1) is 17.6. The number of anilines is 1. The topological polar surface area (TPSA) is 36.3 Å². The minimum atomic E-state index is 0.616. The van der Waals surface area contributed by atoms with Crippen LogP contribution in [0.15, 0.2) is 46.9 Å². The molecule has 0 spiro atoms. The van der Waals surface area contributed by atoms with Crippen LogP contribution in [-0.4, -0.2) is 20.2 Å². The maximum Gasteiger partial charge on any atom is 0.128 e. The Hall–Kier alpha value is -2.25. The van der Waals surface area contributed by atoms with E-state index >= 15 is 0 Å². The van der Waals surface area contributed by atoms with Gasteiger partial charge in [-0.25, -0.2) is 0 Å². The van der Waals surface area contributed by atoms with Crippen molar-refractivity contribution in [1.29, 1.82) is 5.26 Å². The smallest absolute Gasteiger partial charge is 0.128 e. The highest BCUT2D eigenvalue weighted by Crippen LogP contribution is 2.31. The van der Waals surface area contributed by atoms with Crippen molar-refractivity contribution in [2.45, 2.75) is 19.3 Å². The molecule has 1 saturated heterocycles. The molecule has 0 saturated carbocycles. The van der Waals surface area contributed by atoms with Crippen LogP contribution in [0.1, 0.15) is 30.4 Å². The van der Waals surface area contributed by atoms with Gasteiger partial charge in [0.05, 0.1) is 18.8 Å². The Balaban J connectivity index is 1.94. The molecule has 3 nitrogen and oxygen atoms in total. The van der Waals surface area contributed by atoms with Crippen molar-refractivity contribution in [3.8, 4) is 11.8 Å². The Morgan fingerprint density at radius 3 is 2.64 bits per heavy atom. The van der Waals surface area contributed by atoms with Gasteiger partial charge in [-0.2, -0.15) is 5.26 Å². The third kappa shape index (κ3) is 4.24. The van der Waals surface area contributed by atoms with Gasteiger partial charge in [0.2, 0.25) is 0 Å². The largest absolute Gasteiger partial charge is 0.496 e. The summed E-state index contributed by atoms with van der Waals surface area (Å²) in [5.41, 5.74) is 3.61. The summed E-state index contributed by atoms with van der Waals surface area (Å²) in [4.78, 5) is 2.40. The number of nitrogens with zero attached hydrogens (tertiary/aromatic N) is 2. The standard InChI is InChI=1S/C21H21BrN2O/c1-25-21-14-20(24-10-3-2-4-11-24)9-8-17(21)12-18(15-23)16-6-5-7-19(22)13-16/h5-9,12-14H,2-4,10-11H2,1H3/b18-12-. The first-order valence-corrected chi connectivity index (χ1v) is 9.31. The molecule has 1 aliphatic rings. The lowest BCUT2D eigenvalue weighted by molar-refractivity contribution is 0.413. The maximum atomic E-state index is 9.57. The molecular formula is C21H21BrN2O. The van der Waals surface area contributed by atoms with E-state index in [0.29, 0.717) is 5.57 Å². The van der Waals surface area contributed by atoms with Gasteiger partial charge in [-0.1, -0.05) is 28.1 Å². The molecule has 0 amide bonds. The minimum Gasteiger partial charge on any atom is -0.496 e. The van der Waals surface area contributed by atoms with Crippen LogP contribution in [0.5, 0.6) is 5.75 Å². The van der Waals surface area contributed by atoms with Crippen molar-refractivity contribution in [1.82, 2.24) is 0 Å². The molecule has 128 valence electrons. The van der Waals surface area contributed by atoms with Crippen molar-refractivity contribution in [3.63, 3.8) is 0 Å². The average Bonchev–Trinajstić information content (AvgIpc) is 2.66. The molecule has 0 atom stereocenters. The molecule has 2 aromatic carbocycles. The monoisotopic (exact) mass is 396 g/mol. The second-order valence-corrected chi connectivity index (χ2v) is 7.07. The quantitative estimate of drug-likeness (QED) is 0.504. The summed E-state index contributed by atoms with van der Waals surface area (Å²) in [5.74, 6) is 0.797. The maximum absolute atomic E-state index is 9.57.